The molecule has 1 aliphatic heterocycles. The van der Waals surface area contributed by atoms with Crippen molar-refractivity contribution in [3.05, 3.63) is 54.0 Å². The normalized spacial score (nSPS) is 24.8. The Hall–Kier alpha value is -3.99. The average molecular weight is 685 g/mol. The lowest BCUT2D eigenvalue weighted by Crippen LogP contribution is -2.45. The highest BCUT2D eigenvalue weighted by molar-refractivity contribution is 5.94. The number of anilines is 1. The summed E-state index contributed by atoms with van der Waals surface area (Å²) in [7, 11) is 3.79. The van der Waals surface area contributed by atoms with Crippen LogP contribution < -0.4 is 15.0 Å². The van der Waals surface area contributed by atoms with Gasteiger partial charge < -0.3 is 24.1 Å². The number of hydrogen-bond donors (Lipinski definition) is 1. The lowest BCUT2D eigenvalue weighted by atomic mass is 9.79. The summed E-state index contributed by atoms with van der Waals surface area (Å²) in [6, 6.07) is 8.21. The zero-order valence-electron chi connectivity index (χ0n) is 29.8. The Kier molecular flexibility index (Phi) is 10.7. The highest BCUT2D eigenvalue weighted by Gasteiger charge is 2.35. The zero-order valence-corrected chi connectivity index (χ0v) is 29.8. The van der Waals surface area contributed by atoms with Crippen molar-refractivity contribution in [1.82, 2.24) is 25.2 Å². The van der Waals surface area contributed by atoms with Crippen molar-refractivity contribution in [2.24, 2.45) is 11.8 Å². The Morgan fingerprint density at radius 2 is 1.68 bits per heavy atom. The van der Waals surface area contributed by atoms with Gasteiger partial charge in [0.15, 0.2) is 5.89 Å². The number of carbonyl (C=O) groups excluding carboxylic acids is 2. The first-order chi connectivity index (χ1) is 24.3. The van der Waals surface area contributed by atoms with Gasteiger partial charge in [-0.3, -0.25) is 14.7 Å². The minimum absolute atomic E-state index is 0.109. The largest absolute Gasteiger partial charge is 0.495 e. The number of oxazole rings is 1. The number of ether oxygens (including phenoxy) is 2. The third-order valence-electron chi connectivity index (χ3n) is 11.4. The first-order valence-corrected chi connectivity index (χ1v) is 18.7. The zero-order chi connectivity index (χ0) is 34.6. The molecule has 0 spiro atoms. The van der Waals surface area contributed by atoms with E-state index in [1.807, 2.05) is 30.0 Å². The number of alkyl carbamates (subject to hydrolysis) is 1. The molecular formula is C39H52N6O5. The molecule has 1 N–H and O–H groups in total. The fraction of sp³-hybridized carbons (Fsp3) is 0.615. The molecule has 2 amide bonds. The molecule has 50 heavy (non-hydrogen) atoms. The van der Waals surface area contributed by atoms with Crippen LogP contribution in [-0.4, -0.2) is 77.8 Å². The molecule has 11 heteroatoms. The Bertz CT molecular complexity index is 1620. The maximum atomic E-state index is 14.4. The van der Waals surface area contributed by atoms with E-state index in [1.54, 1.807) is 19.6 Å². The fourth-order valence-electron chi connectivity index (χ4n) is 8.02. The number of nitrogens with zero attached hydrogens (tertiary/aromatic N) is 5. The number of aryl methyl sites for hydroxylation is 1. The summed E-state index contributed by atoms with van der Waals surface area (Å²) in [5, 5.41) is 3.06. The molecule has 268 valence electrons. The monoisotopic (exact) mass is 684 g/mol. The maximum absolute atomic E-state index is 14.4. The molecule has 0 unspecified atom stereocenters. The maximum Gasteiger partial charge on any atom is 0.407 e. The van der Waals surface area contributed by atoms with Crippen LogP contribution in [0.2, 0.25) is 0 Å². The van der Waals surface area contributed by atoms with Crippen molar-refractivity contribution in [3.8, 4) is 17.0 Å². The van der Waals surface area contributed by atoms with Crippen LogP contribution in [0, 0.1) is 18.8 Å². The molecular weight excluding hydrogens is 632 g/mol. The van der Waals surface area contributed by atoms with Gasteiger partial charge in [0, 0.05) is 47.8 Å². The highest BCUT2D eigenvalue weighted by Crippen LogP contribution is 2.41. The molecule has 0 radical (unpaired) electrons. The van der Waals surface area contributed by atoms with Crippen molar-refractivity contribution in [2.75, 3.05) is 38.7 Å². The van der Waals surface area contributed by atoms with Crippen molar-refractivity contribution in [1.29, 1.82) is 0 Å². The number of amides is 2. The van der Waals surface area contributed by atoms with Crippen LogP contribution in [-0.2, 0) is 9.53 Å². The molecule has 0 bridgehead atoms. The Balaban J connectivity index is 1.01. The van der Waals surface area contributed by atoms with Crippen molar-refractivity contribution >= 4 is 17.8 Å². The third kappa shape index (κ3) is 8.30. The van der Waals surface area contributed by atoms with Gasteiger partial charge in [0.2, 0.25) is 5.91 Å². The smallest absolute Gasteiger partial charge is 0.407 e. The second kappa shape index (κ2) is 15.5. The SMILES string of the molecule is COc1ccc(C2CCC(CN(C(=O)C3CCC(OC(=O)NC4CCN(C)CC4)CC3)c3cc(-c4coc(C5CC5)n4)ccn3)CC2)nc1C. The van der Waals surface area contributed by atoms with Crippen LogP contribution >= 0.6 is 0 Å². The number of rotatable bonds is 10. The second-order valence-corrected chi connectivity index (χ2v) is 15.0. The number of hydrogen-bond acceptors (Lipinski definition) is 9. The summed E-state index contributed by atoms with van der Waals surface area (Å²) in [4.78, 5) is 45.7. The van der Waals surface area contributed by atoms with E-state index in [4.69, 9.17) is 28.8 Å². The number of piperidine rings is 1. The summed E-state index contributed by atoms with van der Waals surface area (Å²) in [5.74, 6) is 3.42. The van der Waals surface area contributed by atoms with E-state index in [9.17, 15) is 9.59 Å². The topological polar surface area (TPSA) is 123 Å². The first kappa shape index (κ1) is 34.5. The molecule has 0 aromatic carbocycles. The molecule has 4 heterocycles. The summed E-state index contributed by atoms with van der Waals surface area (Å²) in [5.41, 5.74) is 3.73. The van der Waals surface area contributed by atoms with Gasteiger partial charge in [-0.15, -0.1) is 0 Å². The Morgan fingerprint density at radius 3 is 2.38 bits per heavy atom. The van der Waals surface area contributed by atoms with Crippen LogP contribution in [0.5, 0.6) is 5.75 Å². The van der Waals surface area contributed by atoms with Crippen LogP contribution in [0.4, 0.5) is 10.6 Å². The predicted molar refractivity (Wildman–Crippen MR) is 190 cm³/mol. The van der Waals surface area contributed by atoms with Gasteiger partial charge in [-0.1, -0.05) is 0 Å². The van der Waals surface area contributed by atoms with Gasteiger partial charge in [0.05, 0.1) is 12.8 Å². The molecule has 3 aliphatic carbocycles. The lowest BCUT2D eigenvalue weighted by Gasteiger charge is -2.35. The summed E-state index contributed by atoms with van der Waals surface area (Å²) >= 11 is 0. The van der Waals surface area contributed by atoms with Crippen LogP contribution in [0.15, 0.2) is 41.1 Å². The Labute approximate surface area is 295 Å². The van der Waals surface area contributed by atoms with E-state index in [0.29, 0.717) is 55.8 Å². The minimum Gasteiger partial charge on any atom is -0.495 e. The van der Waals surface area contributed by atoms with E-state index in [1.165, 1.54) is 0 Å². The van der Waals surface area contributed by atoms with E-state index < -0.39 is 0 Å². The van der Waals surface area contributed by atoms with Crippen molar-refractivity contribution in [2.45, 2.75) is 108 Å². The number of pyridine rings is 2. The quantitative estimate of drug-likeness (QED) is 0.240. The molecule has 7 rings (SSSR count). The van der Waals surface area contributed by atoms with Gasteiger partial charge >= 0.3 is 6.09 Å². The summed E-state index contributed by atoms with van der Waals surface area (Å²) in [6.07, 6.45) is 14.0. The van der Waals surface area contributed by atoms with E-state index in [2.05, 4.69) is 23.3 Å². The summed E-state index contributed by atoms with van der Waals surface area (Å²) in [6.45, 7) is 4.58. The van der Waals surface area contributed by atoms with Gasteiger partial charge in [0.1, 0.15) is 29.6 Å². The van der Waals surface area contributed by atoms with Crippen molar-refractivity contribution < 1.29 is 23.5 Å². The van der Waals surface area contributed by atoms with Gasteiger partial charge in [-0.05, 0) is 134 Å². The molecule has 11 nitrogen and oxygen atoms in total. The van der Waals surface area contributed by atoms with E-state index in [0.717, 1.165) is 98.7 Å². The number of likely N-dealkylation sites (tertiary alicyclic amines) is 1. The second-order valence-electron chi connectivity index (χ2n) is 15.0. The highest BCUT2D eigenvalue weighted by atomic mass is 16.6. The molecule has 3 aromatic rings. The average Bonchev–Trinajstić information content (AvgIpc) is 3.87. The fourth-order valence-corrected chi connectivity index (χ4v) is 8.02. The number of carbonyl (C=O) groups is 2. The first-order valence-electron chi connectivity index (χ1n) is 18.7. The molecule has 0 atom stereocenters. The van der Waals surface area contributed by atoms with Crippen LogP contribution in [0.25, 0.3) is 11.3 Å². The third-order valence-corrected chi connectivity index (χ3v) is 11.4. The number of methoxy groups -OCH3 is 1. The minimum atomic E-state index is -0.328. The van der Waals surface area contributed by atoms with Gasteiger partial charge in [-0.2, -0.15) is 0 Å². The molecule has 4 aliphatic rings. The Morgan fingerprint density at radius 1 is 0.940 bits per heavy atom. The number of aromatic nitrogens is 3. The van der Waals surface area contributed by atoms with Crippen molar-refractivity contribution in [3.63, 3.8) is 0 Å². The predicted octanol–water partition coefficient (Wildman–Crippen LogP) is 7.01. The van der Waals surface area contributed by atoms with Crippen LogP contribution in [0.1, 0.15) is 106 Å². The molecule has 1 saturated heterocycles. The standard InChI is InChI=1S/C39H52N6O5/c1-25-35(48-3)15-14-33(41-25)27-6-4-26(5-7-27)23-45(36-22-30(16-19-40-36)34-24-49-37(43-34)28-8-9-28)38(46)29-10-12-32(13-11-29)50-39(47)42-31-17-20-44(2)21-18-31/h14-16,19,22,24,26-29,31-32H,4-13,17-18,20-21,23H2,1-3H3,(H,42,47). The molecule has 3 aromatic heterocycles. The van der Waals surface area contributed by atoms with E-state index in [-0.39, 0.29) is 30.1 Å². The van der Waals surface area contributed by atoms with Gasteiger partial charge in [-0.25, -0.2) is 14.8 Å². The van der Waals surface area contributed by atoms with E-state index >= 15 is 0 Å². The summed E-state index contributed by atoms with van der Waals surface area (Å²) < 4.78 is 17.1. The van der Waals surface area contributed by atoms with Crippen LogP contribution in [0.3, 0.4) is 0 Å². The number of nitrogens with one attached hydrogen (secondary N) is 1. The molecule has 4 fully saturated rings. The van der Waals surface area contributed by atoms with Gasteiger partial charge in [0.25, 0.3) is 0 Å². The lowest BCUT2D eigenvalue weighted by molar-refractivity contribution is -0.124. The molecule has 3 saturated carbocycles.